The Morgan fingerprint density at radius 2 is 1.57 bits per heavy atom. The molecule has 0 saturated heterocycles. The fraction of sp³-hybridized carbons (Fsp3) is 0.200. The lowest BCUT2D eigenvalue weighted by atomic mass is 10.1. The maximum atomic E-state index is 13.1. The van der Waals surface area contributed by atoms with Crippen molar-refractivity contribution in [1.29, 1.82) is 0 Å². The van der Waals surface area contributed by atoms with E-state index in [0.717, 1.165) is 11.0 Å². The van der Waals surface area contributed by atoms with Crippen molar-refractivity contribution in [3.05, 3.63) is 71.0 Å². The standard InChI is InChI=1S/C20H18FN3O4/c1-12(24-19(27)15-7-2-3-8-16(15)20(24)28)17(25)22-9-10-23-18(26)13-5-4-6-14(21)11-13/h2-8,11-12H,9-10H2,1H3,(H,22,25)(H,23,26). The third-order valence-electron chi connectivity index (χ3n) is 4.39. The molecule has 0 bridgehead atoms. The molecule has 1 unspecified atom stereocenters. The number of carbonyl (C=O) groups is 4. The van der Waals surface area contributed by atoms with E-state index in [1.54, 1.807) is 24.3 Å². The Morgan fingerprint density at radius 3 is 2.18 bits per heavy atom. The van der Waals surface area contributed by atoms with Crippen LogP contribution in [-0.4, -0.2) is 47.7 Å². The summed E-state index contributed by atoms with van der Waals surface area (Å²) in [6.45, 7) is 1.66. The lowest BCUT2D eigenvalue weighted by molar-refractivity contribution is -0.124. The van der Waals surface area contributed by atoms with Gasteiger partial charge in [-0.05, 0) is 37.3 Å². The van der Waals surface area contributed by atoms with E-state index in [1.165, 1.54) is 25.1 Å². The number of benzene rings is 2. The molecule has 0 saturated carbocycles. The molecule has 1 aliphatic rings. The van der Waals surface area contributed by atoms with Crippen molar-refractivity contribution >= 4 is 23.6 Å². The SMILES string of the molecule is CC(C(=O)NCCNC(=O)c1cccc(F)c1)N1C(=O)c2ccccc2C1=O. The van der Waals surface area contributed by atoms with Crippen molar-refractivity contribution in [2.45, 2.75) is 13.0 Å². The Labute approximate surface area is 160 Å². The van der Waals surface area contributed by atoms with Crippen LogP contribution in [0.25, 0.3) is 0 Å². The van der Waals surface area contributed by atoms with Crippen LogP contribution in [0.5, 0.6) is 0 Å². The lowest BCUT2D eigenvalue weighted by Crippen LogP contribution is -2.49. The maximum absolute atomic E-state index is 13.1. The van der Waals surface area contributed by atoms with Gasteiger partial charge in [0.1, 0.15) is 11.9 Å². The predicted octanol–water partition coefficient (Wildman–Crippen LogP) is 1.36. The Hall–Kier alpha value is -3.55. The van der Waals surface area contributed by atoms with Crippen molar-refractivity contribution < 1.29 is 23.6 Å². The minimum absolute atomic E-state index is 0.0907. The zero-order valence-electron chi connectivity index (χ0n) is 15.1. The summed E-state index contributed by atoms with van der Waals surface area (Å²) in [6.07, 6.45) is 0. The van der Waals surface area contributed by atoms with Crippen molar-refractivity contribution in [2.24, 2.45) is 0 Å². The van der Waals surface area contributed by atoms with Crippen molar-refractivity contribution in [2.75, 3.05) is 13.1 Å². The van der Waals surface area contributed by atoms with Crippen LogP contribution in [0.1, 0.15) is 38.0 Å². The van der Waals surface area contributed by atoms with Gasteiger partial charge in [-0.1, -0.05) is 18.2 Å². The Morgan fingerprint density at radius 1 is 0.964 bits per heavy atom. The van der Waals surface area contributed by atoms with E-state index < -0.39 is 35.5 Å². The van der Waals surface area contributed by atoms with E-state index in [0.29, 0.717) is 0 Å². The summed E-state index contributed by atoms with van der Waals surface area (Å²) in [5, 5.41) is 5.13. The maximum Gasteiger partial charge on any atom is 0.262 e. The third kappa shape index (κ3) is 3.75. The monoisotopic (exact) mass is 383 g/mol. The van der Waals surface area contributed by atoms with Crippen LogP contribution >= 0.6 is 0 Å². The summed E-state index contributed by atoms with van der Waals surface area (Å²) >= 11 is 0. The van der Waals surface area contributed by atoms with Crippen LogP contribution in [0.15, 0.2) is 48.5 Å². The molecule has 0 radical (unpaired) electrons. The molecule has 0 aliphatic carbocycles. The Balaban J connectivity index is 1.51. The van der Waals surface area contributed by atoms with Crippen LogP contribution in [-0.2, 0) is 4.79 Å². The minimum Gasteiger partial charge on any atom is -0.353 e. The number of nitrogens with zero attached hydrogens (tertiary/aromatic N) is 1. The van der Waals surface area contributed by atoms with Crippen molar-refractivity contribution in [3.63, 3.8) is 0 Å². The van der Waals surface area contributed by atoms with Crippen molar-refractivity contribution in [1.82, 2.24) is 15.5 Å². The second-order valence-electron chi connectivity index (χ2n) is 6.26. The molecule has 3 rings (SSSR count). The number of hydrogen-bond acceptors (Lipinski definition) is 4. The first-order valence-corrected chi connectivity index (χ1v) is 8.68. The molecular weight excluding hydrogens is 365 g/mol. The molecule has 2 aromatic rings. The molecule has 0 aromatic heterocycles. The van der Waals surface area contributed by atoms with Gasteiger partial charge < -0.3 is 10.6 Å². The molecule has 0 fully saturated rings. The molecule has 0 spiro atoms. The van der Waals surface area contributed by atoms with Crippen LogP contribution in [0.3, 0.4) is 0 Å². The highest BCUT2D eigenvalue weighted by Crippen LogP contribution is 2.24. The molecule has 28 heavy (non-hydrogen) atoms. The van der Waals surface area contributed by atoms with E-state index in [-0.39, 0.29) is 29.8 Å². The molecular formula is C20H18FN3O4. The van der Waals surface area contributed by atoms with Gasteiger partial charge in [0.2, 0.25) is 5.91 Å². The highest BCUT2D eigenvalue weighted by Gasteiger charge is 2.40. The van der Waals surface area contributed by atoms with E-state index in [2.05, 4.69) is 10.6 Å². The Kier molecular flexibility index (Phi) is 5.49. The first-order valence-electron chi connectivity index (χ1n) is 8.68. The van der Waals surface area contributed by atoms with Gasteiger partial charge in [-0.2, -0.15) is 0 Å². The number of halogens is 1. The van der Waals surface area contributed by atoms with Gasteiger partial charge in [0.05, 0.1) is 11.1 Å². The number of nitrogens with one attached hydrogen (secondary N) is 2. The predicted molar refractivity (Wildman–Crippen MR) is 98.1 cm³/mol. The summed E-state index contributed by atoms with van der Waals surface area (Å²) in [7, 11) is 0. The highest BCUT2D eigenvalue weighted by atomic mass is 19.1. The van der Waals surface area contributed by atoms with Crippen LogP contribution in [0.4, 0.5) is 4.39 Å². The molecule has 1 aliphatic heterocycles. The van der Waals surface area contributed by atoms with Crippen LogP contribution in [0, 0.1) is 5.82 Å². The summed E-state index contributed by atoms with van der Waals surface area (Å²) in [5.74, 6) is -2.53. The molecule has 4 amide bonds. The molecule has 1 atom stereocenters. The Bertz CT molecular complexity index is 925. The molecule has 7 nitrogen and oxygen atoms in total. The smallest absolute Gasteiger partial charge is 0.262 e. The molecule has 2 aromatic carbocycles. The average Bonchev–Trinajstić information content (AvgIpc) is 2.95. The third-order valence-corrected chi connectivity index (χ3v) is 4.39. The first-order chi connectivity index (χ1) is 13.4. The number of imide groups is 1. The molecule has 2 N–H and O–H groups in total. The van der Waals surface area contributed by atoms with Crippen LogP contribution in [0.2, 0.25) is 0 Å². The van der Waals surface area contributed by atoms with Gasteiger partial charge in [0.25, 0.3) is 17.7 Å². The van der Waals surface area contributed by atoms with Gasteiger partial charge in [-0.15, -0.1) is 0 Å². The van der Waals surface area contributed by atoms with Gasteiger partial charge in [-0.25, -0.2) is 4.39 Å². The molecule has 1 heterocycles. The topological polar surface area (TPSA) is 95.6 Å². The minimum atomic E-state index is -0.994. The van der Waals surface area contributed by atoms with E-state index in [9.17, 15) is 23.6 Å². The normalized spacial score (nSPS) is 13.9. The summed E-state index contributed by atoms with van der Waals surface area (Å²) in [4.78, 5) is 49.9. The van der Waals surface area contributed by atoms with Gasteiger partial charge in [0, 0.05) is 18.7 Å². The quantitative estimate of drug-likeness (QED) is 0.582. The molecule has 144 valence electrons. The van der Waals surface area contributed by atoms with E-state index in [4.69, 9.17) is 0 Å². The van der Waals surface area contributed by atoms with E-state index >= 15 is 0 Å². The fourth-order valence-electron chi connectivity index (χ4n) is 2.92. The summed E-state index contributed by atoms with van der Waals surface area (Å²) in [5.41, 5.74) is 0.717. The number of hydrogen-bond donors (Lipinski definition) is 2. The van der Waals surface area contributed by atoms with Crippen LogP contribution < -0.4 is 10.6 Å². The largest absolute Gasteiger partial charge is 0.353 e. The fourth-order valence-corrected chi connectivity index (χ4v) is 2.92. The zero-order valence-corrected chi connectivity index (χ0v) is 15.1. The average molecular weight is 383 g/mol. The summed E-state index contributed by atoms with van der Waals surface area (Å²) < 4.78 is 13.1. The number of fused-ring (bicyclic) bond motifs is 1. The van der Waals surface area contributed by atoms with Gasteiger partial charge in [-0.3, -0.25) is 24.1 Å². The van der Waals surface area contributed by atoms with Gasteiger partial charge in [0.15, 0.2) is 0 Å². The highest BCUT2D eigenvalue weighted by molar-refractivity contribution is 6.22. The number of amides is 4. The van der Waals surface area contributed by atoms with Gasteiger partial charge >= 0.3 is 0 Å². The molecule has 8 heteroatoms. The second kappa shape index (κ2) is 7.99. The lowest BCUT2D eigenvalue weighted by Gasteiger charge is -2.21. The summed E-state index contributed by atoms with van der Waals surface area (Å²) in [6, 6.07) is 10.6. The second-order valence-corrected chi connectivity index (χ2v) is 6.26. The first kappa shape index (κ1) is 19.2. The number of rotatable bonds is 6. The van der Waals surface area contributed by atoms with E-state index in [1.807, 2.05) is 0 Å². The van der Waals surface area contributed by atoms with Crippen molar-refractivity contribution in [3.8, 4) is 0 Å². The number of carbonyl (C=O) groups excluding carboxylic acids is 4. The zero-order chi connectivity index (χ0) is 20.3.